The highest BCUT2D eigenvalue weighted by Crippen LogP contribution is 2.32. The number of hydrogen-bond acceptors (Lipinski definition) is 7. The predicted molar refractivity (Wildman–Crippen MR) is 121 cm³/mol. The van der Waals surface area contributed by atoms with Crippen molar-refractivity contribution in [2.75, 3.05) is 20.3 Å². The second kappa shape index (κ2) is 9.62. The van der Waals surface area contributed by atoms with Crippen LogP contribution in [0.2, 0.25) is 0 Å². The Kier molecular flexibility index (Phi) is 6.62. The lowest BCUT2D eigenvalue weighted by Gasteiger charge is -2.21. The number of aliphatic hydroxyl groups excluding tert-OH is 1. The lowest BCUT2D eigenvalue weighted by Crippen LogP contribution is -2.31. The van der Waals surface area contributed by atoms with Crippen LogP contribution in [0.1, 0.15) is 23.7 Å². The highest BCUT2D eigenvalue weighted by Gasteiger charge is 2.39. The van der Waals surface area contributed by atoms with Gasteiger partial charge in [0.1, 0.15) is 23.1 Å². The Hall–Kier alpha value is -3.76. The third-order valence-corrected chi connectivity index (χ3v) is 5.18. The number of ether oxygens (including phenoxy) is 2. The molecular weight excluding hydrogens is 446 g/mol. The zero-order chi connectivity index (χ0) is 24.3. The van der Waals surface area contributed by atoms with Crippen molar-refractivity contribution < 1.29 is 28.2 Å². The molecule has 1 aliphatic rings. The largest absolute Gasteiger partial charge is 0.495 e. The second-order valence-electron chi connectivity index (χ2n) is 7.55. The van der Waals surface area contributed by atoms with E-state index in [1.807, 2.05) is 42.8 Å². The number of aliphatic imine (C=N–C) groups is 1. The lowest BCUT2D eigenvalue weighted by atomic mass is 10.0. The number of aryl methyl sites for hydroxylation is 1. The van der Waals surface area contributed by atoms with Crippen LogP contribution in [0.3, 0.4) is 0 Å². The number of halogens is 2. The van der Waals surface area contributed by atoms with Crippen LogP contribution in [0.4, 0.5) is 8.78 Å². The first-order chi connectivity index (χ1) is 16.4. The number of amidine groups is 1. The van der Waals surface area contributed by atoms with Crippen LogP contribution in [0.15, 0.2) is 60.0 Å². The maximum absolute atomic E-state index is 13.7. The predicted octanol–water partition coefficient (Wildman–Crippen LogP) is 3.62. The molecule has 0 saturated heterocycles. The molecular formula is C24H24F2N4O4. The number of nitrogens with zero attached hydrogens (tertiary/aromatic N) is 3. The van der Waals surface area contributed by atoms with Crippen LogP contribution in [-0.4, -0.2) is 40.8 Å². The number of rotatable bonds is 8. The molecule has 10 heteroatoms. The summed E-state index contributed by atoms with van der Waals surface area (Å²) in [7, 11) is 1.57. The van der Waals surface area contributed by atoms with Crippen molar-refractivity contribution >= 4 is 11.6 Å². The van der Waals surface area contributed by atoms with E-state index < -0.39 is 24.0 Å². The van der Waals surface area contributed by atoms with Gasteiger partial charge in [-0.25, -0.2) is 29.1 Å². The Morgan fingerprint density at radius 2 is 2.00 bits per heavy atom. The van der Waals surface area contributed by atoms with E-state index in [1.165, 1.54) is 0 Å². The Balaban J connectivity index is 1.71. The quantitative estimate of drug-likeness (QED) is 0.489. The van der Waals surface area contributed by atoms with Gasteiger partial charge >= 0.3 is 0 Å². The fourth-order valence-corrected chi connectivity index (χ4v) is 3.59. The number of benzene rings is 2. The molecule has 0 fully saturated rings. The summed E-state index contributed by atoms with van der Waals surface area (Å²) >= 11 is 0. The van der Waals surface area contributed by atoms with Crippen molar-refractivity contribution in [3.8, 4) is 11.4 Å². The minimum absolute atomic E-state index is 0.0306. The molecule has 0 spiro atoms. The van der Waals surface area contributed by atoms with E-state index in [9.17, 15) is 13.9 Å². The molecule has 0 radical (unpaired) electrons. The molecule has 2 aromatic carbocycles. The van der Waals surface area contributed by atoms with Gasteiger partial charge in [-0.3, -0.25) is 0 Å². The van der Waals surface area contributed by atoms with E-state index in [1.54, 1.807) is 19.5 Å². The monoisotopic (exact) mass is 470 g/mol. The van der Waals surface area contributed by atoms with Crippen molar-refractivity contribution in [2.45, 2.75) is 19.6 Å². The Labute approximate surface area is 195 Å². The molecule has 2 N–H and O–H groups in total. The van der Waals surface area contributed by atoms with Gasteiger partial charge in [-0.1, -0.05) is 0 Å². The van der Waals surface area contributed by atoms with Gasteiger partial charge < -0.3 is 19.1 Å². The number of aliphatic hydroxyl groups is 1. The summed E-state index contributed by atoms with van der Waals surface area (Å²) in [5.41, 5.74) is 3.31. The highest BCUT2D eigenvalue weighted by molar-refractivity contribution is 5.98. The number of imidazole rings is 1. The molecule has 1 unspecified atom stereocenters. The van der Waals surface area contributed by atoms with Crippen LogP contribution in [-0.2, 0) is 15.3 Å². The molecule has 1 aliphatic heterocycles. The molecule has 8 nitrogen and oxygen atoms in total. The lowest BCUT2D eigenvalue weighted by molar-refractivity contribution is -0.0912. The maximum atomic E-state index is 13.7. The Bertz CT molecular complexity index is 1240. The smallest absolute Gasteiger partial charge is 0.235 e. The third-order valence-electron chi connectivity index (χ3n) is 5.18. The summed E-state index contributed by atoms with van der Waals surface area (Å²) in [6.07, 6.45) is 5.16. The summed E-state index contributed by atoms with van der Waals surface area (Å²) < 4.78 is 40.7. The van der Waals surface area contributed by atoms with Gasteiger partial charge in [0.05, 0.1) is 38.0 Å². The molecule has 3 aromatic rings. The zero-order valence-electron chi connectivity index (χ0n) is 18.9. The molecule has 1 atom stereocenters. The van der Waals surface area contributed by atoms with Crippen molar-refractivity contribution in [3.05, 3.63) is 83.5 Å². The van der Waals surface area contributed by atoms with Crippen LogP contribution < -0.4 is 10.2 Å². The highest BCUT2D eigenvalue weighted by atomic mass is 19.1. The van der Waals surface area contributed by atoms with E-state index >= 15 is 0 Å². The zero-order valence-corrected chi connectivity index (χ0v) is 18.9. The molecule has 0 bridgehead atoms. The topological polar surface area (TPSA) is 90.1 Å². The van der Waals surface area contributed by atoms with Crippen molar-refractivity contribution in [1.82, 2.24) is 15.0 Å². The molecule has 2 heterocycles. The van der Waals surface area contributed by atoms with Gasteiger partial charge in [-0.15, -0.1) is 0 Å². The third kappa shape index (κ3) is 4.63. The Morgan fingerprint density at radius 3 is 2.62 bits per heavy atom. The molecule has 1 aromatic heterocycles. The van der Waals surface area contributed by atoms with E-state index in [2.05, 4.69) is 15.5 Å². The van der Waals surface area contributed by atoms with Gasteiger partial charge in [-0.05, 0) is 44.2 Å². The summed E-state index contributed by atoms with van der Waals surface area (Å²) in [5.74, 6) is -0.363. The van der Waals surface area contributed by atoms with Crippen LogP contribution >= 0.6 is 0 Å². The number of nitrogens with one attached hydrogen (secondary N) is 1. The summed E-state index contributed by atoms with van der Waals surface area (Å²) in [6, 6.07) is 8.38. The Morgan fingerprint density at radius 1 is 1.24 bits per heavy atom. The second-order valence-corrected chi connectivity index (χ2v) is 7.55. The van der Waals surface area contributed by atoms with E-state index in [0.29, 0.717) is 23.7 Å². The average Bonchev–Trinajstić information content (AvgIpc) is 3.44. The molecule has 4 rings (SSSR count). The number of aromatic nitrogens is 2. The van der Waals surface area contributed by atoms with Crippen LogP contribution in [0.25, 0.3) is 11.4 Å². The standard InChI is InChI=1S/C24H24F2N4O4/c1-4-33-21(16-5-6-20(22(7-16)32-3)30-12-15(2)27-14-30)11-23-28-24(13-31,34-29-23)17-8-18(25)10-19(26)9-17/h5-12,14,31H,4,13H2,1-3H3,(H,28,29)/b21-11-. The fourth-order valence-electron chi connectivity index (χ4n) is 3.59. The van der Waals surface area contributed by atoms with Crippen LogP contribution in [0.5, 0.6) is 5.75 Å². The first kappa shape index (κ1) is 23.4. The van der Waals surface area contributed by atoms with E-state index in [0.717, 1.165) is 29.6 Å². The molecule has 178 valence electrons. The first-order valence-electron chi connectivity index (χ1n) is 10.5. The summed E-state index contributed by atoms with van der Waals surface area (Å²) in [5, 5.41) is 9.94. The molecule has 34 heavy (non-hydrogen) atoms. The SMILES string of the molecule is CCO/C(=C\C1=NC(CO)(c2cc(F)cc(F)c2)ON1)c1ccc(-n2cnc(C)c2)c(OC)c1. The van der Waals surface area contributed by atoms with Crippen molar-refractivity contribution in [2.24, 2.45) is 4.99 Å². The number of hydroxylamine groups is 1. The van der Waals surface area contributed by atoms with Gasteiger partial charge in [0.2, 0.25) is 5.72 Å². The summed E-state index contributed by atoms with van der Waals surface area (Å²) in [4.78, 5) is 14.1. The normalized spacial score (nSPS) is 17.9. The minimum Gasteiger partial charge on any atom is -0.495 e. The summed E-state index contributed by atoms with van der Waals surface area (Å²) in [6.45, 7) is 3.46. The number of hydrogen-bond donors (Lipinski definition) is 2. The van der Waals surface area contributed by atoms with E-state index in [-0.39, 0.29) is 11.4 Å². The van der Waals surface area contributed by atoms with Crippen LogP contribution in [0, 0.1) is 18.6 Å². The molecule has 0 aliphatic carbocycles. The maximum Gasteiger partial charge on any atom is 0.235 e. The minimum atomic E-state index is -1.70. The van der Waals surface area contributed by atoms with Crippen molar-refractivity contribution in [1.29, 1.82) is 0 Å². The van der Waals surface area contributed by atoms with Gasteiger partial charge in [0.25, 0.3) is 0 Å². The first-order valence-corrected chi connectivity index (χ1v) is 10.5. The van der Waals surface area contributed by atoms with E-state index in [4.69, 9.17) is 14.3 Å². The fraction of sp³-hybridized carbons (Fsp3) is 0.250. The van der Waals surface area contributed by atoms with Gasteiger partial charge in [0.15, 0.2) is 5.84 Å². The van der Waals surface area contributed by atoms with Gasteiger partial charge in [-0.2, -0.15) is 0 Å². The molecule has 0 amide bonds. The average molecular weight is 470 g/mol. The molecule has 0 saturated carbocycles. The van der Waals surface area contributed by atoms with Crippen molar-refractivity contribution in [3.63, 3.8) is 0 Å². The van der Waals surface area contributed by atoms with Gasteiger partial charge in [0, 0.05) is 29.5 Å². The number of methoxy groups -OCH3 is 1.